The van der Waals surface area contributed by atoms with Gasteiger partial charge in [0.1, 0.15) is 0 Å². The van der Waals surface area contributed by atoms with E-state index in [1.807, 2.05) is 0 Å². The fourth-order valence-electron chi connectivity index (χ4n) is 5.84. The van der Waals surface area contributed by atoms with Crippen molar-refractivity contribution in [3.8, 4) is 0 Å². The third-order valence-electron chi connectivity index (χ3n) is 8.91. The number of rotatable bonds is 37. The number of esters is 2. The molecule has 0 aliphatic rings. The molecular formula is C42H78O4. The molecule has 46 heavy (non-hydrogen) atoms. The van der Waals surface area contributed by atoms with Gasteiger partial charge in [-0.05, 0) is 64.2 Å². The first-order chi connectivity index (χ1) is 22.7. The summed E-state index contributed by atoms with van der Waals surface area (Å²) in [5, 5.41) is 0. The van der Waals surface area contributed by atoms with Crippen LogP contribution in [-0.4, -0.2) is 25.2 Å². The predicted octanol–water partition coefficient (Wildman–Crippen LogP) is 13.7. The van der Waals surface area contributed by atoms with Crippen LogP contribution in [0.1, 0.15) is 219 Å². The van der Waals surface area contributed by atoms with Crippen LogP contribution in [0.5, 0.6) is 0 Å². The van der Waals surface area contributed by atoms with E-state index in [2.05, 4.69) is 38.2 Å². The van der Waals surface area contributed by atoms with Gasteiger partial charge >= 0.3 is 11.9 Å². The molecule has 0 N–H and O–H groups in total. The van der Waals surface area contributed by atoms with E-state index in [9.17, 15) is 9.59 Å². The van der Waals surface area contributed by atoms with Crippen LogP contribution < -0.4 is 0 Å². The predicted molar refractivity (Wildman–Crippen MR) is 199 cm³/mol. The van der Waals surface area contributed by atoms with E-state index in [1.54, 1.807) is 0 Å². The zero-order valence-electron chi connectivity index (χ0n) is 31.0. The average molecular weight is 647 g/mol. The van der Waals surface area contributed by atoms with Gasteiger partial charge in [-0.3, -0.25) is 4.79 Å². The van der Waals surface area contributed by atoms with Crippen LogP contribution in [0, 0.1) is 0 Å². The van der Waals surface area contributed by atoms with Crippen molar-refractivity contribution in [2.24, 2.45) is 0 Å². The Labute approximate surface area is 287 Å². The summed E-state index contributed by atoms with van der Waals surface area (Å²) in [4.78, 5) is 23.7. The summed E-state index contributed by atoms with van der Waals surface area (Å²) in [6.45, 7) is 4.71. The monoisotopic (exact) mass is 647 g/mol. The molecule has 0 aliphatic carbocycles. The minimum absolute atomic E-state index is 0.257. The van der Waals surface area contributed by atoms with E-state index in [-0.39, 0.29) is 12.6 Å². The highest BCUT2D eigenvalue weighted by Gasteiger charge is 2.08. The Hall–Kier alpha value is -1.58. The van der Waals surface area contributed by atoms with Crippen molar-refractivity contribution >= 4 is 11.9 Å². The number of carbonyl (C=O) groups is 2. The van der Waals surface area contributed by atoms with Gasteiger partial charge < -0.3 is 9.47 Å². The first-order valence-electron chi connectivity index (χ1n) is 20.3. The van der Waals surface area contributed by atoms with E-state index < -0.39 is 5.97 Å². The van der Waals surface area contributed by atoms with Crippen molar-refractivity contribution in [2.75, 3.05) is 13.2 Å². The molecule has 0 aromatic carbocycles. The molecule has 0 spiro atoms. The highest BCUT2D eigenvalue weighted by atomic mass is 16.6. The number of unbranched alkanes of at least 4 members (excludes halogenated alkanes) is 27. The molecule has 0 amide bonds. The Morgan fingerprint density at radius 3 is 1.09 bits per heavy atom. The lowest BCUT2D eigenvalue weighted by molar-refractivity contribution is -0.158. The van der Waals surface area contributed by atoms with E-state index in [1.165, 1.54) is 161 Å². The molecule has 0 saturated heterocycles. The Balaban J connectivity index is 3.32. The van der Waals surface area contributed by atoms with Crippen LogP contribution in [0.15, 0.2) is 24.3 Å². The first kappa shape index (κ1) is 44.4. The van der Waals surface area contributed by atoms with Gasteiger partial charge in [-0.15, -0.1) is 0 Å². The Morgan fingerprint density at radius 2 is 0.696 bits per heavy atom. The summed E-state index contributed by atoms with van der Waals surface area (Å²) < 4.78 is 10.3. The molecule has 0 rings (SSSR count). The lowest BCUT2D eigenvalue weighted by atomic mass is 10.1. The molecule has 0 aromatic rings. The summed E-state index contributed by atoms with van der Waals surface area (Å²) in [5.41, 5.74) is 0. The van der Waals surface area contributed by atoms with Crippen LogP contribution >= 0.6 is 0 Å². The van der Waals surface area contributed by atoms with Gasteiger partial charge in [0.05, 0.1) is 6.61 Å². The van der Waals surface area contributed by atoms with Crippen LogP contribution in [0.2, 0.25) is 0 Å². The molecule has 0 unspecified atom stereocenters. The van der Waals surface area contributed by atoms with Crippen molar-refractivity contribution in [3.05, 3.63) is 24.3 Å². The van der Waals surface area contributed by atoms with Crippen molar-refractivity contribution in [1.82, 2.24) is 0 Å². The Morgan fingerprint density at radius 1 is 0.370 bits per heavy atom. The molecule has 0 fully saturated rings. The normalized spacial score (nSPS) is 11.6. The lowest BCUT2D eigenvalue weighted by Crippen LogP contribution is -2.16. The summed E-state index contributed by atoms with van der Waals surface area (Å²) in [6.07, 6.45) is 49.3. The third-order valence-corrected chi connectivity index (χ3v) is 8.91. The Kier molecular flexibility index (Phi) is 38.2. The van der Waals surface area contributed by atoms with E-state index in [0.29, 0.717) is 13.0 Å². The van der Waals surface area contributed by atoms with Gasteiger partial charge in [0, 0.05) is 6.42 Å². The number of hydrogen-bond donors (Lipinski definition) is 0. The second-order valence-corrected chi connectivity index (χ2v) is 13.6. The molecule has 0 saturated carbocycles. The largest absolute Gasteiger partial charge is 0.463 e. The molecule has 0 heterocycles. The van der Waals surface area contributed by atoms with Gasteiger partial charge in [-0.2, -0.15) is 0 Å². The fourth-order valence-corrected chi connectivity index (χ4v) is 5.84. The topological polar surface area (TPSA) is 52.6 Å². The Bertz CT molecular complexity index is 683. The van der Waals surface area contributed by atoms with Crippen LogP contribution in [0.4, 0.5) is 0 Å². The molecule has 4 heteroatoms. The van der Waals surface area contributed by atoms with Gasteiger partial charge in [0.25, 0.3) is 0 Å². The summed E-state index contributed by atoms with van der Waals surface area (Å²) in [5.74, 6) is -0.729. The molecular weight excluding hydrogens is 568 g/mol. The maximum atomic E-state index is 11.9. The van der Waals surface area contributed by atoms with E-state index in [0.717, 1.165) is 38.5 Å². The van der Waals surface area contributed by atoms with Crippen molar-refractivity contribution in [2.45, 2.75) is 219 Å². The van der Waals surface area contributed by atoms with Crippen LogP contribution in [0.25, 0.3) is 0 Å². The van der Waals surface area contributed by atoms with Gasteiger partial charge in [-0.1, -0.05) is 173 Å². The van der Waals surface area contributed by atoms with E-state index >= 15 is 0 Å². The minimum Gasteiger partial charge on any atom is -0.463 e. The minimum atomic E-state index is -0.430. The molecule has 0 radical (unpaired) electrons. The molecule has 0 aliphatic heterocycles. The molecule has 270 valence electrons. The smallest absolute Gasteiger partial charge is 0.344 e. The lowest BCUT2D eigenvalue weighted by Gasteiger charge is -2.06. The van der Waals surface area contributed by atoms with Gasteiger partial charge in [0.15, 0.2) is 6.61 Å². The zero-order valence-corrected chi connectivity index (χ0v) is 31.0. The highest BCUT2D eigenvalue weighted by Crippen LogP contribution is 2.13. The molecule has 0 aromatic heterocycles. The van der Waals surface area contributed by atoms with Crippen molar-refractivity contribution in [3.63, 3.8) is 0 Å². The second kappa shape index (κ2) is 39.6. The molecule has 0 atom stereocenters. The summed E-state index contributed by atoms with van der Waals surface area (Å²) >= 11 is 0. The first-order valence-corrected chi connectivity index (χ1v) is 20.3. The maximum Gasteiger partial charge on any atom is 0.344 e. The zero-order chi connectivity index (χ0) is 33.4. The van der Waals surface area contributed by atoms with E-state index in [4.69, 9.17) is 9.47 Å². The summed E-state index contributed by atoms with van der Waals surface area (Å²) in [7, 11) is 0. The second-order valence-electron chi connectivity index (χ2n) is 13.6. The van der Waals surface area contributed by atoms with Crippen LogP contribution in [0.3, 0.4) is 0 Å². The SMILES string of the molecule is CCCCCCCCC=CCCCCCCCCCCCCOC(=O)COC(=O)CCCCC=CCCCCCCCCCCC. The number of allylic oxidation sites excluding steroid dienone is 4. The number of ether oxygens (including phenoxy) is 2. The molecule has 0 bridgehead atoms. The standard InChI is InChI=1S/C42H78O4/c1-3-5-7-9-11-13-15-17-19-20-21-22-23-25-27-29-31-33-35-37-39-45-42(44)40-46-41(43)38-36-34-32-30-28-26-24-18-16-14-12-10-8-6-4-2/h17,19,28,30H,3-16,18,20-27,29,31-40H2,1-2H3. The fraction of sp³-hybridized carbons (Fsp3) is 0.857. The van der Waals surface area contributed by atoms with Crippen LogP contribution in [-0.2, 0) is 19.1 Å². The maximum absolute atomic E-state index is 11.9. The van der Waals surface area contributed by atoms with Gasteiger partial charge in [-0.25, -0.2) is 4.79 Å². The summed E-state index contributed by atoms with van der Waals surface area (Å²) in [6, 6.07) is 0. The molecule has 4 nitrogen and oxygen atoms in total. The third kappa shape index (κ3) is 38.6. The van der Waals surface area contributed by atoms with Crippen molar-refractivity contribution < 1.29 is 19.1 Å². The van der Waals surface area contributed by atoms with Crippen molar-refractivity contribution in [1.29, 1.82) is 0 Å². The van der Waals surface area contributed by atoms with Gasteiger partial charge in [0.2, 0.25) is 0 Å². The quantitative estimate of drug-likeness (QED) is 0.0383. The number of carbonyl (C=O) groups excluding carboxylic acids is 2. The highest BCUT2D eigenvalue weighted by molar-refractivity contribution is 5.76. The number of hydrogen-bond acceptors (Lipinski definition) is 4. The average Bonchev–Trinajstić information content (AvgIpc) is 3.06.